The maximum absolute atomic E-state index is 5.12. The highest BCUT2D eigenvalue weighted by atomic mass is 15.1. The number of hydrogen-bond acceptors (Lipinski definition) is 6. The van der Waals surface area contributed by atoms with Crippen LogP contribution in [0, 0.1) is 0 Å². The van der Waals surface area contributed by atoms with Crippen LogP contribution in [0.4, 0.5) is 0 Å². The summed E-state index contributed by atoms with van der Waals surface area (Å²) in [5.41, 5.74) is 20.9. The average molecular weight is 1280 g/mol. The van der Waals surface area contributed by atoms with Gasteiger partial charge in [-0.2, -0.15) is 0 Å². The van der Waals surface area contributed by atoms with Crippen molar-refractivity contribution < 1.29 is 0 Å². The number of aromatic nitrogens is 10. The number of hydrogen-bond donors (Lipinski definition) is 0. The van der Waals surface area contributed by atoms with Gasteiger partial charge >= 0.3 is 0 Å². The van der Waals surface area contributed by atoms with Crippen LogP contribution < -0.4 is 0 Å². The molecule has 0 amide bonds. The van der Waals surface area contributed by atoms with Gasteiger partial charge in [-0.1, -0.05) is 243 Å². The summed E-state index contributed by atoms with van der Waals surface area (Å²) < 4.78 is 9.62. The van der Waals surface area contributed by atoms with Gasteiger partial charge < -0.3 is 18.3 Å². The Morgan fingerprint density at radius 1 is 0.140 bits per heavy atom. The van der Waals surface area contributed by atoms with Gasteiger partial charge in [0.1, 0.15) is 0 Å². The Kier molecular flexibility index (Phi) is 13.0. The first-order chi connectivity index (χ1) is 49.6. The van der Waals surface area contributed by atoms with E-state index in [1.165, 1.54) is 43.1 Å². The Balaban J connectivity index is 0.670. The second-order valence-corrected chi connectivity index (χ2v) is 25.5. The molecular formula is C90H56N10. The van der Waals surface area contributed by atoms with Gasteiger partial charge in [0, 0.05) is 99.2 Å². The van der Waals surface area contributed by atoms with Gasteiger partial charge in [0.05, 0.1) is 44.1 Å². The molecule has 0 bridgehead atoms. The quantitative estimate of drug-likeness (QED) is 0.128. The second-order valence-electron chi connectivity index (χ2n) is 25.5. The third-order valence-electron chi connectivity index (χ3n) is 19.6. The van der Waals surface area contributed by atoms with Crippen LogP contribution >= 0.6 is 0 Å². The van der Waals surface area contributed by atoms with Crippen molar-refractivity contribution in [2.45, 2.75) is 0 Å². The summed E-state index contributed by atoms with van der Waals surface area (Å²) >= 11 is 0. The highest BCUT2D eigenvalue weighted by Gasteiger charge is 2.23. The van der Waals surface area contributed by atoms with Gasteiger partial charge in [0.2, 0.25) is 0 Å². The molecule has 466 valence electrons. The van der Waals surface area contributed by atoms with E-state index in [0.717, 1.165) is 111 Å². The summed E-state index contributed by atoms with van der Waals surface area (Å²) in [4.78, 5) is 30.5. The lowest BCUT2D eigenvalue weighted by Crippen LogP contribution is -2.01. The van der Waals surface area contributed by atoms with Crippen LogP contribution in [0.25, 0.3) is 189 Å². The predicted octanol–water partition coefficient (Wildman–Crippen LogP) is 22.1. The Hall–Kier alpha value is -13.7. The number of nitrogens with zero attached hydrogens (tertiary/aromatic N) is 10. The van der Waals surface area contributed by atoms with E-state index in [4.69, 9.17) is 29.9 Å². The highest BCUT2D eigenvalue weighted by Crippen LogP contribution is 2.43. The summed E-state index contributed by atoms with van der Waals surface area (Å²) in [7, 11) is 0. The van der Waals surface area contributed by atoms with Crippen LogP contribution in [0.3, 0.4) is 0 Å². The smallest absolute Gasteiger partial charge is 0.164 e. The van der Waals surface area contributed by atoms with E-state index in [9.17, 15) is 0 Å². The first-order valence-corrected chi connectivity index (χ1v) is 33.7. The molecule has 0 saturated carbocycles. The Bertz CT molecular complexity index is 6090. The molecule has 0 aliphatic carbocycles. The molecule has 14 aromatic carbocycles. The molecular weight excluding hydrogens is 1220 g/mol. The van der Waals surface area contributed by atoms with E-state index in [2.05, 4.69) is 237 Å². The van der Waals surface area contributed by atoms with Crippen LogP contribution in [-0.2, 0) is 0 Å². The molecule has 10 heteroatoms. The van der Waals surface area contributed by atoms with E-state index in [1.807, 2.05) is 121 Å². The molecule has 10 nitrogen and oxygen atoms in total. The fraction of sp³-hybridized carbons (Fsp3) is 0. The lowest BCUT2D eigenvalue weighted by atomic mass is 10.0. The lowest BCUT2D eigenvalue weighted by molar-refractivity contribution is 1.07. The van der Waals surface area contributed by atoms with Crippen LogP contribution in [-0.4, -0.2) is 48.2 Å². The summed E-state index contributed by atoms with van der Waals surface area (Å²) in [6, 6.07) is 120. The third kappa shape index (κ3) is 9.34. The standard InChI is InChI=1S/C90H56N10/c1-5-23-59(24-6-1)85-91-86(60-25-7-2-8-26-60)94-89(93-85)63-31-21-33-67(51-63)99-79-41-19-15-37-71(79)75-53-73-69-35-13-17-39-77(69)97(81(73)55-83(75)99)65-47-43-57(44-48-65)58-45-49-66(50-46-58)98-78-40-18-14-36-70(78)74-54-76-72-38-16-20-42-80(72)100(84(76)56-82(74)98)68-34-22-32-64(52-68)90-95-87(61-27-9-3-10-28-61)92-88(96-90)62-29-11-4-12-30-62/h1-56H. The maximum atomic E-state index is 5.12. The first kappa shape index (κ1) is 56.6. The molecule has 0 radical (unpaired) electrons. The highest BCUT2D eigenvalue weighted by molar-refractivity contribution is 6.21. The Morgan fingerprint density at radius 2 is 0.380 bits per heavy atom. The van der Waals surface area contributed by atoms with E-state index in [1.54, 1.807) is 0 Å². The molecule has 0 spiro atoms. The summed E-state index contributed by atoms with van der Waals surface area (Å²) in [5, 5.41) is 9.51. The number of para-hydroxylation sites is 4. The van der Waals surface area contributed by atoms with E-state index in [0.29, 0.717) is 34.9 Å². The molecule has 0 aliphatic rings. The van der Waals surface area contributed by atoms with Crippen LogP contribution in [0.15, 0.2) is 340 Å². The predicted molar refractivity (Wildman–Crippen MR) is 409 cm³/mol. The molecule has 6 aromatic heterocycles. The molecule has 0 N–H and O–H groups in total. The van der Waals surface area contributed by atoms with Crippen LogP contribution in [0.5, 0.6) is 0 Å². The average Bonchev–Trinajstić information content (AvgIpc) is 1.56. The van der Waals surface area contributed by atoms with Crippen LogP contribution in [0.1, 0.15) is 0 Å². The minimum atomic E-state index is 0.608. The molecule has 0 fully saturated rings. The fourth-order valence-corrected chi connectivity index (χ4v) is 15.0. The molecule has 0 saturated heterocycles. The number of rotatable bonds is 11. The topological polar surface area (TPSA) is 97.1 Å². The van der Waals surface area contributed by atoms with E-state index < -0.39 is 0 Å². The zero-order valence-electron chi connectivity index (χ0n) is 53.8. The fourth-order valence-electron chi connectivity index (χ4n) is 15.0. The lowest BCUT2D eigenvalue weighted by Gasteiger charge is -2.13. The van der Waals surface area contributed by atoms with Crippen molar-refractivity contribution in [1.29, 1.82) is 0 Å². The first-order valence-electron chi connectivity index (χ1n) is 33.7. The maximum Gasteiger partial charge on any atom is 0.164 e. The van der Waals surface area contributed by atoms with Gasteiger partial charge in [-0.05, 0) is 108 Å². The zero-order valence-corrected chi connectivity index (χ0v) is 53.8. The van der Waals surface area contributed by atoms with E-state index >= 15 is 0 Å². The van der Waals surface area contributed by atoms with E-state index in [-0.39, 0.29) is 0 Å². The number of benzene rings is 14. The molecule has 0 atom stereocenters. The third-order valence-corrected chi connectivity index (χ3v) is 19.6. The molecule has 100 heavy (non-hydrogen) atoms. The van der Waals surface area contributed by atoms with Crippen molar-refractivity contribution in [2.75, 3.05) is 0 Å². The van der Waals surface area contributed by atoms with Gasteiger partial charge in [-0.25, -0.2) is 29.9 Å². The Labute approximate surface area is 574 Å². The summed E-state index contributed by atoms with van der Waals surface area (Å²) in [5.74, 6) is 3.72. The molecule has 0 aliphatic heterocycles. The molecule has 6 heterocycles. The van der Waals surface area contributed by atoms with Gasteiger partial charge in [-0.3, -0.25) is 0 Å². The van der Waals surface area contributed by atoms with Crippen LogP contribution in [0.2, 0.25) is 0 Å². The van der Waals surface area contributed by atoms with Crippen molar-refractivity contribution in [3.8, 4) is 102 Å². The molecule has 20 rings (SSSR count). The minimum Gasteiger partial charge on any atom is -0.309 e. The summed E-state index contributed by atoms with van der Waals surface area (Å²) in [6.07, 6.45) is 0. The minimum absolute atomic E-state index is 0.608. The van der Waals surface area contributed by atoms with Gasteiger partial charge in [0.25, 0.3) is 0 Å². The normalized spacial score (nSPS) is 11.8. The summed E-state index contributed by atoms with van der Waals surface area (Å²) in [6.45, 7) is 0. The Morgan fingerprint density at radius 3 is 0.670 bits per heavy atom. The number of fused-ring (bicyclic) bond motifs is 12. The van der Waals surface area contributed by atoms with Gasteiger partial charge in [0.15, 0.2) is 34.9 Å². The largest absolute Gasteiger partial charge is 0.309 e. The van der Waals surface area contributed by atoms with Crippen molar-refractivity contribution in [2.24, 2.45) is 0 Å². The molecule has 20 aromatic rings. The van der Waals surface area contributed by atoms with Crippen molar-refractivity contribution >= 4 is 87.2 Å². The van der Waals surface area contributed by atoms with Crippen molar-refractivity contribution in [3.63, 3.8) is 0 Å². The zero-order chi connectivity index (χ0) is 65.8. The van der Waals surface area contributed by atoms with Gasteiger partial charge in [-0.15, -0.1) is 0 Å². The van der Waals surface area contributed by atoms with Crippen molar-refractivity contribution in [3.05, 3.63) is 340 Å². The monoisotopic (exact) mass is 1280 g/mol. The second kappa shape index (κ2) is 23.0. The van der Waals surface area contributed by atoms with Crippen molar-refractivity contribution in [1.82, 2.24) is 48.2 Å². The molecule has 0 unspecified atom stereocenters. The SMILES string of the molecule is c1ccc(-c2nc(-c3ccccc3)nc(-c3cccc(-n4c5ccccc5c5cc6c7ccccc7n(-c7ccc(-c8ccc(-n9c%10ccccc%10c%10cc%11c%12ccccc%12n(-c%12cccc(-c%13nc(-c%14ccccc%14)nc(-c%14ccccc%14)n%13)c%12)c%11cc%109)cc8)cc7)c6cc54)c3)n2)cc1.